The Balaban J connectivity index is 1.76. The van der Waals surface area contributed by atoms with Crippen LogP contribution in [-0.2, 0) is 19.1 Å². The molecule has 2 amide bonds. The van der Waals surface area contributed by atoms with Crippen LogP contribution in [0.2, 0.25) is 0 Å². The molecule has 1 aliphatic carbocycles. The molecule has 0 bridgehead atoms. The van der Waals surface area contributed by atoms with Crippen LogP contribution in [0.1, 0.15) is 25.7 Å². The van der Waals surface area contributed by atoms with Crippen LogP contribution < -0.4 is 0 Å². The van der Waals surface area contributed by atoms with Crippen molar-refractivity contribution >= 4 is 11.8 Å². The van der Waals surface area contributed by atoms with Gasteiger partial charge in [0, 0.05) is 44.7 Å². The lowest BCUT2D eigenvalue weighted by Gasteiger charge is -2.39. The number of amides is 2. The third-order valence-corrected chi connectivity index (χ3v) is 6.39. The maximum Gasteiger partial charge on any atom is 0.248 e. The smallest absolute Gasteiger partial charge is 0.248 e. The number of nitrogens with zero attached hydrogens (tertiary/aromatic N) is 3. The SMILES string of the molecule is COCCN1C[C@]2(COCC1=O)CN(C(=O)CC1(O)CCC1)C[C@H]2N(C)C. The first kappa shape index (κ1) is 20.5. The van der Waals surface area contributed by atoms with E-state index in [0.717, 1.165) is 6.42 Å². The van der Waals surface area contributed by atoms with E-state index in [0.29, 0.717) is 52.2 Å². The number of methoxy groups -OCH3 is 1. The third kappa shape index (κ3) is 4.29. The minimum atomic E-state index is -0.819. The number of carbonyl (C=O) groups is 2. The molecule has 2 saturated heterocycles. The van der Waals surface area contributed by atoms with Gasteiger partial charge in [-0.3, -0.25) is 9.59 Å². The van der Waals surface area contributed by atoms with E-state index in [1.54, 1.807) is 12.0 Å². The van der Waals surface area contributed by atoms with E-state index in [-0.39, 0.29) is 36.3 Å². The monoisotopic (exact) mass is 383 g/mol. The second-order valence-electron chi connectivity index (χ2n) is 8.67. The van der Waals surface area contributed by atoms with Gasteiger partial charge >= 0.3 is 0 Å². The fourth-order valence-electron chi connectivity index (χ4n) is 4.66. The molecule has 154 valence electrons. The number of ether oxygens (including phenoxy) is 2. The molecule has 8 heteroatoms. The number of hydrogen-bond acceptors (Lipinski definition) is 6. The van der Waals surface area contributed by atoms with Crippen molar-refractivity contribution in [1.82, 2.24) is 14.7 Å². The Labute approximate surface area is 161 Å². The summed E-state index contributed by atoms with van der Waals surface area (Å²) in [4.78, 5) is 31.0. The van der Waals surface area contributed by atoms with Gasteiger partial charge in [-0.05, 0) is 33.4 Å². The zero-order valence-corrected chi connectivity index (χ0v) is 16.8. The zero-order chi connectivity index (χ0) is 19.7. The first-order valence-electron chi connectivity index (χ1n) is 9.80. The van der Waals surface area contributed by atoms with Gasteiger partial charge in [0.05, 0.1) is 25.2 Å². The van der Waals surface area contributed by atoms with Crippen molar-refractivity contribution in [2.75, 3.05) is 67.2 Å². The molecule has 0 aromatic carbocycles. The van der Waals surface area contributed by atoms with Gasteiger partial charge in [0.15, 0.2) is 0 Å². The van der Waals surface area contributed by atoms with E-state index in [4.69, 9.17) is 9.47 Å². The molecule has 1 spiro atoms. The molecule has 27 heavy (non-hydrogen) atoms. The topological polar surface area (TPSA) is 82.5 Å². The highest BCUT2D eigenvalue weighted by atomic mass is 16.5. The van der Waals surface area contributed by atoms with E-state index in [2.05, 4.69) is 4.90 Å². The van der Waals surface area contributed by atoms with Gasteiger partial charge in [0.1, 0.15) is 6.61 Å². The average Bonchev–Trinajstić information content (AvgIpc) is 2.88. The fourth-order valence-corrected chi connectivity index (χ4v) is 4.66. The lowest BCUT2D eigenvalue weighted by Crippen LogP contribution is -2.52. The van der Waals surface area contributed by atoms with Gasteiger partial charge in [-0.2, -0.15) is 0 Å². The lowest BCUT2D eigenvalue weighted by molar-refractivity contribution is -0.140. The highest BCUT2D eigenvalue weighted by molar-refractivity contribution is 5.79. The summed E-state index contributed by atoms with van der Waals surface area (Å²) in [6.45, 7) is 3.20. The highest BCUT2D eigenvalue weighted by Crippen LogP contribution is 2.39. The molecule has 0 unspecified atom stereocenters. The number of hydrogen-bond donors (Lipinski definition) is 1. The summed E-state index contributed by atoms with van der Waals surface area (Å²) < 4.78 is 10.9. The van der Waals surface area contributed by atoms with Gasteiger partial charge in [0.25, 0.3) is 0 Å². The van der Waals surface area contributed by atoms with E-state index < -0.39 is 5.60 Å². The number of aliphatic hydroxyl groups is 1. The van der Waals surface area contributed by atoms with Crippen molar-refractivity contribution in [3.8, 4) is 0 Å². The number of carbonyl (C=O) groups excluding carboxylic acids is 2. The Bertz CT molecular complexity index is 566. The molecule has 2 heterocycles. The Kier molecular flexibility index (Phi) is 6.10. The van der Waals surface area contributed by atoms with Crippen molar-refractivity contribution in [3.05, 3.63) is 0 Å². The van der Waals surface area contributed by atoms with Gasteiger partial charge in [0.2, 0.25) is 11.8 Å². The molecular formula is C19H33N3O5. The van der Waals surface area contributed by atoms with Crippen LogP contribution in [0.15, 0.2) is 0 Å². The van der Waals surface area contributed by atoms with Crippen molar-refractivity contribution in [3.63, 3.8) is 0 Å². The number of rotatable bonds is 6. The minimum Gasteiger partial charge on any atom is -0.389 e. The molecule has 0 aromatic rings. The molecule has 0 aromatic heterocycles. The molecule has 3 rings (SSSR count). The molecule has 1 N–H and O–H groups in total. The summed E-state index contributed by atoms with van der Waals surface area (Å²) in [5.74, 6) is -0.0325. The van der Waals surface area contributed by atoms with Crippen LogP contribution in [0.4, 0.5) is 0 Å². The Morgan fingerprint density at radius 3 is 2.70 bits per heavy atom. The van der Waals surface area contributed by atoms with E-state index >= 15 is 0 Å². The summed E-state index contributed by atoms with van der Waals surface area (Å²) in [6, 6.07) is 0.0911. The van der Waals surface area contributed by atoms with Crippen molar-refractivity contribution in [2.24, 2.45) is 5.41 Å². The number of likely N-dealkylation sites (tertiary alicyclic amines) is 1. The summed E-state index contributed by atoms with van der Waals surface area (Å²) >= 11 is 0. The summed E-state index contributed by atoms with van der Waals surface area (Å²) in [5.41, 5.74) is -1.15. The van der Waals surface area contributed by atoms with Gasteiger partial charge in [-0.25, -0.2) is 0 Å². The highest BCUT2D eigenvalue weighted by Gasteiger charge is 2.52. The third-order valence-electron chi connectivity index (χ3n) is 6.39. The first-order valence-corrected chi connectivity index (χ1v) is 9.80. The molecule has 3 fully saturated rings. The second-order valence-corrected chi connectivity index (χ2v) is 8.67. The maximum atomic E-state index is 12.9. The Morgan fingerprint density at radius 2 is 2.11 bits per heavy atom. The summed E-state index contributed by atoms with van der Waals surface area (Å²) in [6.07, 6.45) is 2.59. The molecule has 2 aliphatic heterocycles. The molecule has 0 radical (unpaired) electrons. The quantitative estimate of drug-likeness (QED) is 0.669. The largest absolute Gasteiger partial charge is 0.389 e. The van der Waals surface area contributed by atoms with Gasteiger partial charge in [-0.1, -0.05) is 0 Å². The molecule has 2 atom stereocenters. The minimum absolute atomic E-state index is 0.0000556. The van der Waals surface area contributed by atoms with Crippen molar-refractivity contribution in [2.45, 2.75) is 37.3 Å². The maximum absolute atomic E-state index is 12.9. The predicted octanol–water partition coefficient (Wildman–Crippen LogP) is -0.444. The van der Waals surface area contributed by atoms with Crippen LogP contribution in [0.3, 0.4) is 0 Å². The first-order chi connectivity index (χ1) is 12.8. The number of likely N-dealkylation sites (N-methyl/N-ethyl adjacent to an activating group) is 1. The van der Waals surface area contributed by atoms with E-state index in [9.17, 15) is 14.7 Å². The second kappa shape index (κ2) is 8.03. The fraction of sp³-hybridized carbons (Fsp3) is 0.895. The summed E-state index contributed by atoms with van der Waals surface area (Å²) in [5, 5.41) is 10.4. The normalized spacial score (nSPS) is 30.7. The van der Waals surface area contributed by atoms with Crippen molar-refractivity contribution < 1.29 is 24.2 Å². The molecule has 1 saturated carbocycles. The Hall–Kier alpha value is -1.22. The molecule has 3 aliphatic rings. The lowest BCUT2D eigenvalue weighted by atomic mass is 9.77. The van der Waals surface area contributed by atoms with Gasteiger partial charge in [-0.15, -0.1) is 0 Å². The van der Waals surface area contributed by atoms with Crippen LogP contribution in [0, 0.1) is 5.41 Å². The van der Waals surface area contributed by atoms with Gasteiger partial charge < -0.3 is 29.3 Å². The Morgan fingerprint density at radius 1 is 1.37 bits per heavy atom. The van der Waals surface area contributed by atoms with Crippen LogP contribution in [0.5, 0.6) is 0 Å². The van der Waals surface area contributed by atoms with E-state index in [1.807, 2.05) is 19.0 Å². The summed E-state index contributed by atoms with van der Waals surface area (Å²) in [7, 11) is 5.64. The molecular weight excluding hydrogens is 350 g/mol. The van der Waals surface area contributed by atoms with Crippen LogP contribution in [0.25, 0.3) is 0 Å². The average molecular weight is 383 g/mol. The van der Waals surface area contributed by atoms with E-state index in [1.165, 1.54) is 0 Å². The standard InChI is InChI=1S/C19H33N3O5/c1-20(2)15-10-22(16(23)9-19(25)5-4-6-19)13-18(15)12-21(7-8-26-3)17(24)11-27-14-18/h15,25H,4-14H2,1-3H3/t15-,18-/m1/s1. The van der Waals surface area contributed by atoms with Crippen LogP contribution >= 0.6 is 0 Å². The zero-order valence-electron chi connectivity index (χ0n) is 16.8. The molecule has 8 nitrogen and oxygen atoms in total. The van der Waals surface area contributed by atoms with Crippen LogP contribution in [-0.4, -0.2) is 110 Å². The predicted molar refractivity (Wildman–Crippen MR) is 99.2 cm³/mol. The van der Waals surface area contributed by atoms with Crippen molar-refractivity contribution in [1.29, 1.82) is 0 Å².